The van der Waals surface area contributed by atoms with E-state index >= 15 is 0 Å². The Hall–Kier alpha value is -2.33. The lowest BCUT2D eigenvalue weighted by Gasteiger charge is -2.39. The number of morpholine rings is 1. The Morgan fingerprint density at radius 2 is 1.66 bits per heavy atom. The van der Waals surface area contributed by atoms with E-state index in [0.717, 1.165) is 17.7 Å². The smallest absolute Gasteiger partial charge is 0.243 e. The van der Waals surface area contributed by atoms with Gasteiger partial charge in [0.1, 0.15) is 5.82 Å². The van der Waals surface area contributed by atoms with Crippen LogP contribution in [0.4, 0.5) is 4.39 Å². The van der Waals surface area contributed by atoms with Crippen molar-refractivity contribution in [2.45, 2.75) is 24.0 Å². The standard InChI is InChI=1S/C23H28FN3O4S/c1-18-15-25(16-22(31-18)19-5-3-2-4-6-19)17-23(28)26-11-13-27(14-12-26)32(29,30)21-9-7-20(24)8-10-21/h2-10,18,22H,11-17H2,1H3. The van der Waals surface area contributed by atoms with Crippen molar-refractivity contribution in [3.8, 4) is 0 Å². The van der Waals surface area contributed by atoms with E-state index in [4.69, 9.17) is 4.74 Å². The maximum absolute atomic E-state index is 13.1. The second-order valence-electron chi connectivity index (χ2n) is 8.28. The van der Waals surface area contributed by atoms with Crippen LogP contribution in [0.5, 0.6) is 0 Å². The predicted octanol–water partition coefficient (Wildman–Crippen LogP) is 2.12. The highest BCUT2D eigenvalue weighted by Gasteiger charge is 2.32. The molecule has 2 heterocycles. The number of piperazine rings is 1. The fraction of sp³-hybridized carbons (Fsp3) is 0.435. The first kappa shape index (κ1) is 22.8. The molecule has 2 atom stereocenters. The SMILES string of the molecule is CC1CN(CC(=O)N2CCN(S(=O)(=O)c3ccc(F)cc3)CC2)CC(c2ccccc2)O1. The second kappa shape index (κ2) is 9.66. The molecule has 2 saturated heterocycles. The van der Waals surface area contributed by atoms with E-state index in [1.165, 1.54) is 16.4 Å². The van der Waals surface area contributed by atoms with Crippen molar-refractivity contribution in [1.29, 1.82) is 0 Å². The molecule has 0 spiro atoms. The largest absolute Gasteiger partial charge is 0.368 e. The molecule has 0 saturated carbocycles. The molecule has 2 unspecified atom stereocenters. The van der Waals surface area contributed by atoms with Gasteiger partial charge in [-0.15, -0.1) is 0 Å². The fourth-order valence-electron chi connectivity index (χ4n) is 4.24. The minimum atomic E-state index is -3.70. The van der Waals surface area contributed by atoms with Crippen LogP contribution in [-0.4, -0.2) is 80.3 Å². The summed E-state index contributed by atoms with van der Waals surface area (Å²) in [5.41, 5.74) is 1.09. The van der Waals surface area contributed by atoms with E-state index in [1.54, 1.807) is 4.90 Å². The van der Waals surface area contributed by atoms with Crippen molar-refractivity contribution in [3.05, 3.63) is 66.0 Å². The number of benzene rings is 2. The van der Waals surface area contributed by atoms with Crippen LogP contribution >= 0.6 is 0 Å². The number of hydrogen-bond acceptors (Lipinski definition) is 5. The zero-order chi connectivity index (χ0) is 22.7. The summed E-state index contributed by atoms with van der Waals surface area (Å²) < 4.78 is 46.1. The van der Waals surface area contributed by atoms with E-state index in [0.29, 0.717) is 26.2 Å². The molecule has 0 radical (unpaired) electrons. The van der Waals surface area contributed by atoms with Crippen LogP contribution in [0.1, 0.15) is 18.6 Å². The van der Waals surface area contributed by atoms with Crippen LogP contribution in [-0.2, 0) is 19.6 Å². The summed E-state index contributed by atoms with van der Waals surface area (Å²) in [7, 11) is -3.70. The van der Waals surface area contributed by atoms with E-state index in [2.05, 4.69) is 4.90 Å². The second-order valence-corrected chi connectivity index (χ2v) is 10.2. The number of carbonyl (C=O) groups excluding carboxylic acids is 1. The van der Waals surface area contributed by atoms with Gasteiger partial charge >= 0.3 is 0 Å². The van der Waals surface area contributed by atoms with E-state index in [1.807, 2.05) is 37.3 Å². The zero-order valence-corrected chi connectivity index (χ0v) is 18.9. The summed E-state index contributed by atoms with van der Waals surface area (Å²) in [6.45, 7) is 4.71. The Bertz CT molecular complexity index is 1020. The van der Waals surface area contributed by atoms with Crippen LogP contribution in [0, 0.1) is 5.82 Å². The van der Waals surface area contributed by atoms with Crippen LogP contribution in [0.3, 0.4) is 0 Å². The first-order chi connectivity index (χ1) is 15.3. The van der Waals surface area contributed by atoms with Gasteiger partial charge in [-0.2, -0.15) is 4.31 Å². The van der Waals surface area contributed by atoms with Gasteiger partial charge in [0.05, 0.1) is 23.6 Å². The molecule has 172 valence electrons. The van der Waals surface area contributed by atoms with Crippen molar-refractivity contribution < 1.29 is 22.3 Å². The van der Waals surface area contributed by atoms with Gasteiger partial charge in [0.2, 0.25) is 15.9 Å². The zero-order valence-electron chi connectivity index (χ0n) is 18.1. The minimum absolute atomic E-state index is 0.00950. The minimum Gasteiger partial charge on any atom is -0.368 e. The third kappa shape index (κ3) is 5.17. The highest BCUT2D eigenvalue weighted by Crippen LogP contribution is 2.25. The predicted molar refractivity (Wildman–Crippen MR) is 118 cm³/mol. The van der Waals surface area contributed by atoms with Gasteiger partial charge in [0.25, 0.3) is 0 Å². The van der Waals surface area contributed by atoms with Gasteiger partial charge in [-0.1, -0.05) is 30.3 Å². The monoisotopic (exact) mass is 461 g/mol. The molecule has 0 N–H and O–H groups in total. The molecule has 0 bridgehead atoms. The number of amides is 1. The molecule has 4 rings (SSSR count). The number of rotatable bonds is 5. The molecule has 2 aliphatic heterocycles. The Morgan fingerprint density at radius 3 is 2.31 bits per heavy atom. The summed E-state index contributed by atoms with van der Waals surface area (Å²) in [6.07, 6.45) is -0.0649. The maximum Gasteiger partial charge on any atom is 0.243 e. The van der Waals surface area contributed by atoms with Crippen molar-refractivity contribution in [2.24, 2.45) is 0 Å². The Balaban J connectivity index is 1.33. The number of ether oxygens (including phenoxy) is 1. The lowest BCUT2D eigenvalue weighted by atomic mass is 10.1. The first-order valence-electron chi connectivity index (χ1n) is 10.8. The lowest BCUT2D eigenvalue weighted by Crippen LogP contribution is -2.54. The Kier molecular flexibility index (Phi) is 6.90. The van der Waals surface area contributed by atoms with Crippen LogP contribution in [0.15, 0.2) is 59.5 Å². The molecule has 32 heavy (non-hydrogen) atoms. The van der Waals surface area contributed by atoms with Gasteiger partial charge in [0.15, 0.2) is 0 Å². The highest BCUT2D eigenvalue weighted by molar-refractivity contribution is 7.89. The molecule has 9 heteroatoms. The fourth-order valence-corrected chi connectivity index (χ4v) is 5.67. The molecule has 2 aromatic rings. The van der Waals surface area contributed by atoms with E-state index in [-0.39, 0.29) is 42.6 Å². The average Bonchev–Trinajstić information content (AvgIpc) is 2.79. The number of hydrogen-bond donors (Lipinski definition) is 0. The van der Waals surface area contributed by atoms with Gasteiger partial charge in [-0.25, -0.2) is 12.8 Å². The van der Waals surface area contributed by atoms with Gasteiger partial charge in [0, 0.05) is 39.3 Å². The third-order valence-electron chi connectivity index (χ3n) is 5.91. The third-order valence-corrected chi connectivity index (χ3v) is 7.82. The van der Waals surface area contributed by atoms with Crippen molar-refractivity contribution in [3.63, 3.8) is 0 Å². The molecular formula is C23H28FN3O4S. The van der Waals surface area contributed by atoms with Crippen LogP contribution in [0.2, 0.25) is 0 Å². The molecule has 7 nitrogen and oxygen atoms in total. The van der Waals surface area contributed by atoms with Crippen LogP contribution < -0.4 is 0 Å². The summed E-state index contributed by atoms with van der Waals surface area (Å²) in [5, 5.41) is 0. The first-order valence-corrected chi connectivity index (χ1v) is 12.2. The van der Waals surface area contributed by atoms with Gasteiger partial charge in [-0.05, 0) is 36.8 Å². The molecular weight excluding hydrogens is 433 g/mol. The lowest BCUT2D eigenvalue weighted by molar-refractivity contribution is -0.137. The summed E-state index contributed by atoms with van der Waals surface area (Å²) in [4.78, 5) is 16.8. The quantitative estimate of drug-likeness (QED) is 0.682. The molecule has 2 aromatic carbocycles. The van der Waals surface area contributed by atoms with Crippen molar-refractivity contribution in [2.75, 3.05) is 45.8 Å². The number of carbonyl (C=O) groups is 1. The van der Waals surface area contributed by atoms with E-state index < -0.39 is 15.8 Å². The summed E-state index contributed by atoms with van der Waals surface area (Å²) in [6, 6.07) is 14.8. The number of halogens is 1. The van der Waals surface area contributed by atoms with E-state index in [9.17, 15) is 17.6 Å². The molecule has 1 amide bonds. The van der Waals surface area contributed by atoms with Crippen molar-refractivity contribution in [1.82, 2.24) is 14.1 Å². The molecule has 2 aliphatic rings. The van der Waals surface area contributed by atoms with Gasteiger partial charge < -0.3 is 9.64 Å². The number of nitrogens with zero attached hydrogens (tertiary/aromatic N) is 3. The normalized spacial score (nSPS) is 23.2. The molecule has 0 aromatic heterocycles. The topological polar surface area (TPSA) is 70.2 Å². The average molecular weight is 462 g/mol. The van der Waals surface area contributed by atoms with Crippen molar-refractivity contribution >= 4 is 15.9 Å². The maximum atomic E-state index is 13.1. The summed E-state index contributed by atoms with van der Waals surface area (Å²) in [5.74, 6) is -0.490. The van der Waals surface area contributed by atoms with Crippen LogP contribution in [0.25, 0.3) is 0 Å². The molecule has 0 aliphatic carbocycles. The Labute approximate surface area is 188 Å². The number of sulfonamides is 1. The van der Waals surface area contributed by atoms with Gasteiger partial charge in [-0.3, -0.25) is 9.69 Å². The molecule has 2 fully saturated rings. The highest BCUT2D eigenvalue weighted by atomic mass is 32.2. The Morgan fingerprint density at radius 1 is 1.00 bits per heavy atom. The summed E-state index contributed by atoms with van der Waals surface area (Å²) >= 11 is 0.